The van der Waals surface area contributed by atoms with Crippen molar-refractivity contribution in [3.63, 3.8) is 0 Å². The third kappa shape index (κ3) is 3.33. The van der Waals surface area contributed by atoms with E-state index in [-0.39, 0.29) is 24.5 Å². The Kier molecular flexibility index (Phi) is 4.84. The lowest BCUT2D eigenvalue weighted by atomic mass is 9.85. The molecule has 0 N–H and O–H groups in total. The summed E-state index contributed by atoms with van der Waals surface area (Å²) < 4.78 is 10.5. The zero-order valence-electron chi connectivity index (χ0n) is 13.4. The average Bonchev–Trinajstić information content (AvgIpc) is 2.99. The molecule has 1 aromatic rings. The summed E-state index contributed by atoms with van der Waals surface area (Å²) in [6, 6.07) is 8.96. The van der Waals surface area contributed by atoms with Crippen molar-refractivity contribution in [1.29, 1.82) is 0 Å². The van der Waals surface area contributed by atoms with Gasteiger partial charge in [-0.1, -0.05) is 31.0 Å². The Bertz CT molecular complexity index is 559. The van der Waals surface area contributed by atoms with Crippen LogP contribution in [0.15, 0.2) is 30.3 Å². The fourth-order valence-electron chi connectivity index (χ4n) is 3.90. The number of benzene rings is 1. The Hall–Kier alpha value is -2.04. The number of fused-ring (bicyclic) bond motifs is 1. The molecule has 0 spiro atoms. The Morgan fingerprint density at radius 3 is 2.65 bits per heavy atom. The number of nitrogens with zero attached hydrogens (tertiary/aromatic N) is 1. The number of carbonyl (C=O) groups is 2. The number of likely N-dealkylation sites (tertiary alicyclic amines) is 1. The molecule has 5 heteroatoms. The molecule has 0 bridgehead atoms. The molecule has 1 heterocycles. The van der Waals surface area contributed by atoms with Gasteiger partial charge in [0, 0.05) is 6.04 Å². The molecule has 124 valence electrons. The van der Waals surface area contributed by atoms with Crippen LogP contribution in [0.3, 0.4) is 0 Å². The smallest absolute Gasteiger partial charge is 0.328 e. The largest absolute Gasteiger partial charge is 0.484 e. The summed E-state index contributed by atoms with van der Waals surface area (Å²) in [6.45, 7) is -0.0409. The number of amides is 1. The molecule has 2 aliphatic rings. The van der Waals surface area contributed by atoms with Crippen molar-refractivity contribution >= 4 is 11.9 Å². The number of para-hydroxylation sites is 1. The highest BCUT2D eigenvalue weighted by molar-refractivity contribution is 5.86. The predicted octanol–water partition coefficient (Wildman–Crippen LogP) is 2.40. The fraction of sp³-hybridized carbons (Fsp3) is 0.556. The Balaban J connectivity index is 1.70. The van der Waals surface area contributed by atoms with E-state index in [4.69, 9.17) is 9.47 Å². The van der Waals surface area contributed by atoms with Crippen molar-refractivity contribution in [3.05, 3.63) is 30.3 Å². The van der Waals surface area contributed by atoms with Gasteiger partial charge in [-0.15, -0.1) is 0 Å². The maximum absolute atomic E-state index is 12.7. The van der Waals surface area contributed by atoms with Gasteiger partial charge in [0.1, 0.15) is 11.8 Å². The fourth-order valence-corrected chi connectivity index (χ4v) is 3.90. The van der Waals surface area contributed by atoms with E-state index in [1.165, 1.54) is 13.5 Å². The van der Waals surface area contributed by atoms with Crippen LogP contribution < -0.4 is 4.74 Å². The second kappa shape index (κ2) is 7.02. The maximum Gasteiger partial charge on any atom is 0.328 e. The summed E-state index contributed by atoms with van der Waals surface area (Å²) in [4.78, 5) is 26.5. The van der Waals surface area contributed by atoms with E-state index >= 15 is 0 Å². The van der Waals surface area contributed by atoms with Gasteiger partial charge in [-0.2, -0.15) is 0 Å². The van der Waals surface area contributed by atoms with Gasteiger partial charge in [0.25, 0.3) is 5.91 Å². The van der Waals surface area contributed by atoms with Gasteiger partial charge < -0.3 is 14.4 Å². The summed E-state index contributed by atoms with van der Waals surface area (Å²) in [5.74, 6) is 0.634. The van der Waals surface area contributed by atoms with E-state index in [0.29, 0.717) is 18.1 Å². The summed E-state index contributed by atoms with van der Waals surface area (Å²) in [5, 5.41) is 0. The first kappa shape index (κ1) is 15.8. The number of methoxy groups -OCH3 is 1. The van der Waals surface area contributed by atoms with E-state index in [0.717, 1.165) is 19.3 Å². The van der Waals surface area contributed by atoms with Crippen molar-refractivity contribution in [1.82, 2.24) is 4.90 Å². The number of carbonyl (C=O) groups excluding carboxylic acids is 2. The summed E-state index contributed by atoms with van der Waals surface area (Å²) >= 11 is 0. The van der Waals surface area contributed by atoms with Gasteiger partial charge in [0.2, 0.25) is 0 Å². The molecule has 5 nitrogen and oxygen atoms in total. The lowest BCUT2D eigenvalue weighted by molar-refractivity contribution is -0.153. The second-order valence-corrected chi connectivity index (χ2v) is 6.29. The SMILES string of the molecule is COC(=O)C1CC2CCCCC2N1C(=O)COc1ccccc1. The van der Waals surface area contributed by atoms with Crippen LogP contribution in [0, 0.1) is 5.92 Å². The normalized spacial score (nSPS) is 26.5. The minimum Gasteiger partial charge on any atom is -0.484 e. The van der Waals surface area contributed by atoms with Crippen LogP contribution in [0.2, 0.25) is 0 Å². The molecule has 3 unspecified atom stereocenters. The standard InChI is InChI=1S/C18H23NO4/c1-22-18(21)16-11-13-7-5-6-10-15(13)19(16)17(20)12-23-14-8-3-2-4-9-14/h2-4,8-9,13,15-16H,5-7,10-12H2,1H3. The zero-order valence-corrected chi connectivity index (χ0v) is 13.4. The molecule has 1 saturated carbocycles. The molecule has 1 aliphatic heterocycles. The van der Waals surface area contributed by atoms with Crippen molar-refractivity contribution in [2.24, 2.45) is 5.92 Å². The Labute approximate surface area is 136 Å². The highest BCUT2D eigenvalue weighted by Gasteiger charge is 2.47. The first-order valence-electron chi connectivity index (χ1n) is 8.27. The summed E-state index contributed by atoms with van der Waals surface area (Å²) in [6.07, 6.45) is 5.06. The first-order valence-corrected chi connectivity index (χ1v) is 8.27. The highest BCUT2D eigenvalue weighted by Crippen LogP contribution is 2.40. The molecule has 1 aliphatic carbocycles. The number of hydrogen-bond acceptors (Lipinski definition) is 4. The molecule has 1 aromatic carbocycles. The van der Waals surface area contributed by atoms with Gasteiger partial charge in [-0.25, -0.2) is 4.79 Å². The van der Waals surface area contributed by atoms with Crippen LogP contribution in [0.4, 0.5) is 0 Å². The minimum atomic E-state index is -0.458. The third-order valence-corrected chi connectivity index (χ3v) is 4.95. The molecule has 2 fully saturated rings. The van der Waals surface area contributed by atoms with Crippen LogP contribution in [-0.4, -0.2) is 42.6 Å². The maximum atomic E-state index is 12.7. The number of hydrogen-bond donors (Lipinski definition) is 0. The van der Waals surface area contributed by atoms with Crippen LogP contribution in [0.5, 0.6) is 5.75 Å². The molecule has 3 rings (SSSR count). The van der Waals surface area contributed by atoms with Crippen molar-refractivity contribution in [2.75, 3.05) is 13.7 Å². The van der Waals surface area contributed by atoms with E-state index in [9.17, 15) is 9.59 Å². The van der Waals surface area contributed by atoms with E-state index < -0.39 is 6.04 Å². The Morgan fingerprint density at radius 1 is 1.17 bits per heavy atom. The van der Waals surface area contributed by atoms with Gasteiger partial charge >= 0.3 is 5.97 Å². The van der Waals surface area contributed by atoms with Gasteiger partial charge in [0.15, 0.2) is 6.61 Å². The van der Waals surface area contributed by atoms with Crippen molar-refractivity contribution in [3.8, 4) is 5.75 Å². The van der Waals surface area contributed by atoms with Crippen molar-refractivity contribution in [2.45, 2.75) is 44.2 Å². The van der Waals surface area contributed by atoms with Crippen LogP contribution in [0.1, 0.15) is 32.1 Å². The van der Waals surface area contributed by atoms with E-state index in [1.807, 2.05) is 30.3 Å². The van der Waals surface area contributed by atoms with Gasteiger partial charge in [-0.05, 0) is 37.3 Å². The molecular weight excluding hydrogens is 294 g/mol. The Morgan fingerprint density at radius 2 is 1.91 bits per heavy atom. The molecule has 0 radical (unpaired) electrons. The van der Waals surface area contributed by atoms with Crippen molar-refractivity contribution < 1.29 is 19.1 Å². The van der Waals surface area contributed by atoms with E-state index in [1.54, 1.807) is 4.90 Å². The zero-order chi connectivity index (χ0) is 16.2. The summed E-state index contributed by atoms with van der Waals surface area (Å²) in [7, 11) is 1.38. The molecule has 1 amide bonds. The monoisotopic (exact) mass is 317 g/mol. The van der Waals surface area contributed by atoms with E-state index in [2.05, 4.69) is 0 Å². The minimum absolute atomic E-state index is 0.0409. The molecular formula is C18H23NO4. The molecule has 1 saturated heterocycles. The van der Waals surface area contributed by atoms with Crippen LogP contribution in [0.25, 0.3) is 0 Å². The third-order valence-electron chi connectivity index (χ3n) is 4.95. The molecule has 3 atom stereocenters. The average molecular weight is 317 g/mol. The lowest BCUT2D eigenvalue weighted by Gasteiger charge is -2.33. The second-order valence-electron chi connectivity index (χ2n) is 6.29. The predicted molar refractivity (Wildman–Crippen MR) is 85.0 cm³/mol. The molecule has 23 heavy (non-hydrogen) atoms. The number of ether oxygens (including phenoxy) is 2. The van der Waals surface area contributed by atoms with Gasteiger partial charge in [-0.3, -0.25) is 4.79 Å². The topological polar surface area (TPSA) is 55.8 Å². The quantitative estimate of drug-likeness (QED) is 0.800. The molecule has 0 aromatic heterocycles. The lowest BCUT2D eigenvalue weighted by Crippen LogP contribution is -2.48. The van der Waals surface area contributed by atoms with Crippen LogP contribution in [-0.2, 0) is 14.3 Å². The highest BCUT2D eigenvalue weighted by atomic mass is 16.5. The number of rotatable bonds is 4. The summed E-state index contributed by atoms with van der Waals surface area (Å²) in [5.41, 5.74) is 0. The van der Waals surface area contributed by atoms with Crippen LogP contribution >= 0.6 is 0 Å². The number of esters is 1. The first-order chi connectivity index (χ1) is 11.2. The van der Waals surface area contributed by atoms with Gasteiger partial charge in [0.05, 0.1) is 7.11 Å².